The second-order valence-corrected chi connectivity index (χ2v) is 6.44. The molecule has 2 aliphatic rings. The van der Waals surface area contributed by atoms with Crippen LogP contribution in [0.15, 0.2) is 24.7 Å². The number of rotatable bonds is 2. The van der Waals surface area contributed by atoms with Crippen molar-refractivity contribution in [2.75, 3.05) is 19.6 Å². The first kappa shape index (κ1) is 13.2. The summed E-state index contributed by atoms with van der Waals surface area (Å²) in [5.41, 5.74) is 1.50. The number of nitrogens with zero attached hydrogens (tertiary/aromatic N) is 4. The number of imidazole rings is 1. The van der Waals surface area contributed by atoms with Crippen molar-refractivity contribution in [3.8, 4) is 0 Å². The smallest absolute Gasteiger partial charge is 0.233 e. The highest BCUT2D eigenvalue weighted by Crippen LogP contribution is 2.35. The van der Waals surface area contributed by atoms with Crippen LogP contribution in [0.2, 0.25) is 0 Å². The minimum atomic E-state index is 0.361. The number of piperazine rings is 1. The van der Waals surface area contributed by atoms with E-state index in [0.717, 1.165) is 37.7 Å². The molecule has 1 saturated heterocycles. The summed E-state index contributed by atoms with van der Waals surface area (Å²) in [4.78, 5) is 11.7. The fraction of sp³-hybridized carbons (Fsp3) is 0.625. The van der Waals surface area contributed by atoms with Crippen LogP contribution < -0.4 is 5.32 Å². The van der Waals surface area contributed by atoms with E-state index in [-0.39, 0.29) is 0 Å². The zero-order valence-corrected chi connectivity index (χ0v) is 12.5. The standard InChI is InChI=1S/C16H23N5/c1-2-5-16(6-3-1)13-17-8-10-21(16)12-14-11-20-9-4-7-18-15(20)19-14/h4,7,9,11,17H,1-3,5-6,8,10,12-13H2. The largest absolute Gasteiger partial charge is 0.314 e. The summed E-state index contributed by atoms with van der Waals surface area (Å²) in [7, 11) is 0. The summed E-state index contributed by atoms with van der Waals surface area (Å²) >= 11 is 0. The van der Waals surface area contributed by atoms with Crippen molar-refractivity contribution in [2.45, 2.75) is 44.2 Å². The molecular weight excluding hydrogens is 262 g/mol. The number of nitrogens with one attached hydrogen (secondary N) is 1. The van der Waals surface area contributed by atoms with Gasteiger partial charge in [0, 0.05) is 50.3 Å². The predicted octanol–water partition coefficient (Wildman–Crippen LogP) is 1.84. The Morgan fingerprint density at radius 3 is 3.00 bits per heavy atom. The predicted molar refractivity (Wildman–Crippen MR) is 82.1 cm³/mol. The minimum Gasteiger partial charge on any atom is -0.314 e. The number of hydrogen-bond donors (Lipinski definition) is 1. The van der Waals surface area contributed by atoms with Gasteiger partial charge in [0.15, 0.2) is 0 Å². The van der Waals surface area contributed by atoms with Gasteiger partial charge in [-0.05, 0) is 18.9 Å². The first-order valence-electron chi connectivity index (χ1n) is 8.10. The highest BCUT2D eigenvalue weighted by atomic mass is 15.3. The van der Waals surface area contributed by atoms with E-state index in [1.54, 1.807) is 6.20 Å². The van der Waals surface area contributed by atoms with E-state index in [4.69, 9.17) is 0 Å². The van der Waals surface area contributed by atoms with Crippen molar-refractivity contribution < 1.29 is 0 Å². The minimum absolute atomic E-state index is 0.361. The van der Waals surface area contributed by atoms with Gasteiger partial charge in [0.1, 0.15) is 0 Å². The Morgan fingerprint density at radius 1 is 1.24 bits per heavy atom. The van der Waals surface area contributed by atoms with Crippen molar-refractivity contribution in [3.05, 3.63) is 30.4 Å². The molecule has 2 fully saturated rings. The molecule has 1 saturated carbocycles. The van der Waals surface area contributed by atoms with E-state index < -0.39 is 0 Å². The molecule has 0 radical (unpaired) electrons. The van der Waals surface area contributed by atoms with Gasteiger partial charge >= 0.3 is 0 Å². The summed E-state index contributed by atoms with van der Waals surface area (Å²) in [5.74, 6) is 0.806. The summed E-state index contributed by atoms with van der Waals surface area (Å²) in [6.45, 7) is 4.30. The van der Waals surface area contributed by atoms with Crippen LogP contribution in [0.5, 0.6) is 0 Å². The molecule has 0 bridgehead atoms. The fourth-order valence-corrected chi connectivity index (χ4v) is 3.98. The van der Waals surface area contributed by atoms with Gasteiger partial charge in [-0.15, -0.1) is 0 Å². The van der Waals surface area contributed by atoms with Crippen LogP contribution in [-0.4, -0.2) is 44.4 Å². The maximum absolute atomic E-state index is 4.67. The van der Waals surface area contributed by atoms with E-state index in [2.05, 4.69) is 26.4 Å². The molecule has 2 aromatic rings. The number of fused-ring (bicyclic) bond motifs is 1. The van der Waals surface area contributed by atoms with Gasteiger partial charge in [0.2, 0.25) is 5.78 Å². The summed E-state index contributed by atoms with van der Waals surface area (Å²) in [6.07, 6.45) is 12.7. The van der Waals surface area contributed by atoms with Gasteiger partial charge < -0.3 is 5.32 Å². The molecule has 2 aromatic heterocycles. The Labute approximate surface area is 125 Å². The first-order valence-corrected chi connectivity index (χ1v) is 8.10. The lowest BCUT2D eigenvalue weighted by Crippen LogP contribution is -2.61. The highest BCUT2D eigenvalue weighted by molar-refractivity contribution is 5.29. The zero-order valence-electron chi connectivity index (χ0n) is 12.5. The molecule has 3 heterocycles. The fourth-order valence-electron chi connectivity index (χ4n) is 3.98. The van der Waals surface area contributed by atoms with Crippen LogP contribution in [0.1, 0.15) is 37.8 Å². The van der Waals surface area contributed by atoms with Crippen molar-refractivity contribution in [2.24, 2.45) is 0 Å². The van der Waals surface area contributed by atoms with Crippen LogP contribution in [-0.2, 0) is 6.54 Å². The zero-order chi connectivity index (χ0) is 14.1. The van der Waals surface area contributed by atoms with Gasteiger partial charge in [-0.25, -0.2) is 9.97 Å². The molecule has 1 spiro atoms. The third-order valence-electron chi connectivity index (χ3n) is 5.11. The summed E-state index contributed by atoms with van der Waals surface area (Å²) in [5, 5.41) is 3.61. The highest BCUT2D eigenvalue weighted by Gasteiger charge is 2.39. The van der Waals surface area contributed by atoms with E-state index in [1.165, 1.54) is 32.1 Å². The second-order valence-electron chi connectivity index (χ2n) is 6.44. The maximum atomic E-state index is 4.67. The number of hydrogen-bond acceptors (Lipinski definition) is 4. The maximum Gasteiger partial charge on any atom is 0.233 e. The molecule has 5 nitrogen and oxygen atoms in total. The molecule has 21 heavy (non-hydrogen) atoms. The average molecular weight is 285 g/mol. The second kappa shape index (κ2) is 5.39. The van der Waals surface area contributed by atoms with Gasteiger partial charge in [0.25, 0.3) is 0 Å². The quantitative estimate of drug-likeness (QED) is 0.914. The third kappa shape index (κ3) is 2.45. The lowest BCUT2D eigenvalue weighted by molar-refractivity contribution is 0.0200. The SMILES string of the molecule is c1cnc2nc(CN3CCNCC34CCCCC4)cn2c1. The van der Waals surface area contributed by atoms with Gasteiger partial charge in [0.05, 0.1) is 5.69 Å². The third-order valence-corrected chi connectivity index (χ3v) is 5.11. The summed E-state index contributed by atoms with van der Waals surface area (Å²) < 4.78 is 2.02. The molecular formula is C16H23N5. The number of aromatic nitrogens is 3. The molecule has 0 amide bonds. The van der Waals surface area contributed by atoms with Crippen LogP contribution in [0, 0.1) is 0 Å². The normalized spacial score (nSPS) is 22.9. The van der Waals surface area contributed by atoms with E-state index in [1.807, 2.05) is 16.7 Å². The van der Waals surface area contributed by atoms with Gasteiger partial charge in [-0.2, -0.15) is 0 Å². The van der Waals surface area contributed by atoms with Crippen LogP contribution in [0.4, 0.5) is 0 Å². The summed E-state index contributed by atoms with van der Waals surface area (Å²) in [6, 6.07) is 1.95. The monoisotopic (exact) mass is 285 g/mol. The molecule has 0 unspecified atom stereocenters. The van der Waals surface area contributed by atoms with Crippen molar-refractivity contribution in [3.63, 3.8) is 0 Å². The molecule has 4 rings (SSSR count). The van der Waals surface area contributed by atoms with E-state index in [9.17, 15) is 0 Å². The van der Waals surface area contributed by atoms with E-state index in [0.29, 0.717) is 5.54 Å². The molecule has 0 aromatic carbocycles. The molecule has 1 aliphatic carbocycles. The van der Waals surface area contributed by atoms with E-state index >= 15 is 0 Å². The van der Waals surface area contributed by atoms with Crippen LogP contribution >= 0.6 is 0 Å². The lowest BCUT2D eigenvalue weighted by atomic mass is 9.79. The van der Waals surface area contributed by atoms with Crippen molar-refractivity contribution >= 4 is 5.78 Å². The lowest BCUT2D eigenvalue weighted by Gasteiger charge is -2.49. The topological polar surface area (TPSA) is 45.5 Å². The van der Waals surface area contributed by atoms with Gasteiger partial charge in [-0.1, -0.05) is 19.3 Å². The van der Waals surface area contributed by atoms with Crippen molar-refractivity contribution in [1.82, 2.24) is 24.6 Å². The average Bonchev–Trinajstić information content (AvgIpc) is 2.93. The van der Waals surface area contributed by atoms with Gasteiger partial charge in [-0.3, -0.25) is 9.30 Å². The van der Waals surface area contributed by atoms with Crippen LogP contribution in [0.25, 0.3) is 5.78 Å². The van der Waals surface area contributed by atoms with Crippen LogP contribution in [0.3, 0.4) is 0 Å². The Morgan fingerprint density at radius 2 is 2.14 bits per heavy atom. The molecule has 1 N–H and O–H groups in total. The Hall–Kier alpha value is -1.46. The first-order chi connectivity index (χ1) is 10.4. The Balaban J connectivity index is 1.58. The molecule has 112 valence electrons. The van der Waals surface area contributed by atoms with Crippen molar-refractivity contribution in [1.29, 1.82) is 0 Å². The Kier molecular flexibility index (Phi) is 3.39. The molecule has 1 aliphatic heterocycles. The molecule has 5 heteroatoms. The Bertz CT molecular complexity index is 573. The molecule has 0 atom stereocenters.